The molecule has 0 aliphatic heterocycles. The van der Waals surface area contributed by atoms with E-state index in [0.717, 1.165) is 16.2 Å². The maximum Gasteiger partial charge on any atom is 0.251 e. The molecule has 1 heterocycles. The lowest BCUT2D eigenvalue weighted by Gasteiger charge is -2.12. The van der Waals surface area contributed by atoms with Crippen molar-refractivity contribution in [3.8, 4) is 11.5 Å². The van der Waals surface area contributed by atoms with E-state index in [1.54, 1.807) is 24.3 Å². The molecule has 0 spiro atoms. The lowest BCUT2D eigenvalue weighted by atomic mass is 10.2. The summed E-state index contributed by atoms with van der Waals surface area (Å²) in [6.45, 7) is 2.13. The molecule has 1 aromatic heterocycles. The van der Waals surface area contributed by atoms with Crippen LogP contribution in [0.1, 0.15) is 26.9 Å². The maximum absolute atomic E-state index is 12.2. The summed E-state index contributed by atoms with van der Waals surface area (Å²) in [5.74, 6) is 1.19. The average Bonchev–Trinajstić information content (AvgIpc) is 3.07. The van der Waals surface area contributed by atoms with Crippen LogP contribution < -0.4 is 10.1 Å². The highest BCUT2D eigenvalue weighted by molar-refractivity contribution is 7.10. The maximum atomic E-state index is 12.2. The van der Waals surface area contributed by atoms with Crippen LogP contribution >= 0.6 is 11.3 Å². The van der Waals surface area contributed by atoms with Gasteiger partial charge < -0.3 is 15.2 Å². The third-order valence-electron chi connectivity index (χ3n) is 3.76. The van der Waals surface area contributed by atoms with E-state index in [0.29, 0.717) is 11.3 Å². The molecule has 0 aliphatic rings. The first-order valence-corrected chi connectivity index (χ1v) is 8.84. The van der Waals surface area contributed by atoms with Crippen molar-refractivity contribution in [2.45, 2.75) is 13.0 Å². The second-order valence-electron chi connectivity index (χ2n) is 5.63. The van der Waals surface area contributed by atoms with Crippen LogP contribution in [-0.4, -0.2) is 17.6 Å². The van der Waals surface area contributed by atoms with Gasteiger partial charge in [-0.25, -0.2) is 0 Å². The molecule has 25 heavy (non-hydrogen) atoms. The van der Waals surface area contributed by atoms with Crippen LogP contribution in [0.4, 0.5) is 0 Å². The quantitative estimate of drug-likeness (QED) is 0.694. The topological polar surface area (TPSA) is 58.6 Å². The normalized spacial score (nSPS) is 11.8. The first-order chi connectivity index (χ1) is 12.1. The van der Waals surface area contributed by atoms with Crippen molar-refractivity contribution in [2.75, 3.05) is 6.54 Å². The monoisotopic (exact) mass is 353 g/mol. The highest BCUT2D eigenvalue weighted by Gasteiger charge is 2.14. The van der Waals surface area contributed by atoms with Crippen molar-refractivity contribution >= 4 is 17.2 Å². The highest BCUT2D eigenvalue weighted by atomic mass is 32.1. The minimum Gasteiger partial charge on any atom is -0.457 e. The number of amides is 1. The van der Waals surface area contributed by atoms with Crippen LogP contribution in [-0.2, 0) is 0 Å². The lowest BCUT2D eigenvalue weighted by molar-refractivity contribution is 0.0917. The van der Waals surface area contributed by atoms with E-state index in [-0.39, 0.29) is 12.5 Å². The van der Waals surface area contributed by atoms with Gasteiger partial charge in [0, 0.05) is 17.0 Å². The predicted octanol–water partition coefficient (Wildman–Crippen LogP) is 4.31. The predicted molar refractivity (Wildman–Crippen MR) is 99.3 cm³/mol. The Morgan fingerprint density at radius 3 is 2.40 bits per heavy atom. The zero-order valence-corrected chi connectivity index (χ0v) is 14.6. The summed E-state index contributed by atoms with van der Waals surface area (Å²) < 4.78 is 5.70. The van der Waals surface area contributed by atoms with Gasteiger partial charge in [0.2, 0.25) is 0 Å². The minimum atomic E-state index is -0.690. The summed E-state index contributed by atoms with van der Waals surface area (Å²) in [5, 5.41) is 14.9. The largest absolute Gasteiger partial charge is 0.457 e. The summed E-state index contributed by atoms with van der Waals surface area (Å²) in [6.07, 6.45) is -0.690. The second kappa shape index (κ2) is 7.96. The summed E-state index contributed by atoms with van der Waals surface area (Å²) >= 11 is 1.49. The molecule has 0 radical (unpaired) electrons. The van der Waals surface area contributed by atoms with Crippen molar-refractivity contribution in [3.05, 3.63) is 82.0 Å². The Morgan fingerprint density at radius 1 is 1.08 bits per heavy atom. The van der Waals surface area contributed by atoms with Gasteiger partial charge in [0.15, 0.2) is 0 Å². The fourth-order valence-electron chi connectivity index (χ4n) is 2.41. The molecule has 1 unspecified atom stereocenters. The number of benzene rings is 2. The molecule has 0 aliphatic carbocycles. The van der Waals surface area contributed by atoms with Gasteiger partial charge in [0.1, 0.15) is 17.6 Å². The number of aliphatic hydroxyl groups excluding tert-OH is 1. The van der Waals surface area contributed by atoms with Crippen molar-refractivity contribution in [1.29, 1.82) is 0 Å². The molecule has 3 rings (SSSR count). The first kappa shape index (κ1) is 17.2. The van der Waals surface area contributed by atoms with E-state index in [9.17, 15) is 9.90 Å². The van der Waals surface area contributed by atoms with E-state index < -0.39 is 6.10 Å². The van der Waals surface area contributed by atoms with E-state index in [1.807, 2.05) is 48.7 Å². The number of ether oxygens (including phenoxy) is 1. The van der Waals surface area contributed by atoms with Gasteiger partial charge in [-0.2, -0.15) is 0 Å². The van der Waals surface area contributed by atoms with Crippen LogP contribution in [0.3, 0.4) is 0 Å². The third-order valence-corrected chi connectivity index (χ3v) is 4.88. The summed E-state index contributed by atoms with van der Waals surface area (Å²) in [5.41, 5.74) is 1.56. The van der Waals surface area contributed by atoms with Gasteiger partial charge in [-0.15, -0.1) is 11.3 Å². The van der Waals surface area contributed by atoms with E-state index in [4.69, 9.17) is 4.74 Å². The Kier molecular flexibility index (Phi) is 5.48. The Bertz CT molecular complexity index is 828. The molecule has 0 saturated heterocycles. The van der Waals surface area contributed by atoms with Crippen LogP contribution in [0.2, 0.25) is 0 Å². The highest BCUT2D eigenvalue weighted by Crippen LogP contribution is 2.23. The number of aryl methyl sites for hydroxylation is 1. The van der Waals surface area contributed by atoms with Gasteiger partial charge in [0.25, 0.3) is 5.91 Å². The number of carbonyl (C=O) groups is 1. The number of hydrogen-bond donors (Lipinski definition) is 2. The number of hydrogen-bond acceptors (Lipinski definition) is 4. The smallest absolute Gasteiger partial charge is 0.251 e. The average molecular weight is 353 g/mol. The fraction of sp³-hybridized carbons (Fsp3) is 0.150. The van der Waals surface area contributed by atoms with Crippen LogP contribution in [0.5, 0.6) is 11.5 Å². The molecule has 5 heteroatoms. The van der Waals surface area contributed by atoms with E-state index in [1.165, 1.54) is 11.3 Å². The molecule has 2 aromatic carbocycles. The Balaban J connectivity index is 1.56. The molecule has 128 valence electrons. The standard InChI is InChI=1S/C20H19NO3S/c1-14-11-12-25-19(14)18(22)13-21-20(23)15-7-9-17(10-8-15)24-16-5-3-2-4-6-16/h2-12,18,22H,13H2,1H3,(H,21,23). The first-order valence-electron chi connectivity index (χ1n) is 7.96. The molecular formula is C20H19NO3S. The zero-order valence-electron chi connectivity index (χ0n) is 13.8. The number of para-hydroxylation sites is 1. The van der Waals surface area contributed by atoms with Crippen molar-refractivity contribution in [1.82, 2.24) is 5.32 Å². The Morgan fingerprint density at radius 2 is 1.76 bits per heavy atom. The summed E-state index contributed by atoms with van der Waals surface area (Å²) in [7, 11) is 0. The molecule has 3 aromatic rings. The molecule has 0 fully saturated rings. The molecule has 1 amide bonds. The number of rotatable bonds is 6. The molecule has 4 nitrogen and oxygen atoms in total. The minimum absolute atomic E-state index is 0.183. The Labute approximate surface area is 150 Å². The van der Waals surface area contributed by atoms with Gasteiger partial charge in [-0.05, 0) is 60.3 Å². The van der Waals surface area contributed by atoms with E-state index >= 15 is 0 Å². The Hall–Kier alpha value is -2.63. The zero-order chi connectivity index (χ0) is 17.6. The molecule has 0 bridgehead atoms. The third kappa shape index (κ3) is 4.47. The molecular weight excluding hydrogens is 334 g/mol. The summed E-state index contributed by atoms with van der Waals surface area (Å²) in [6, 6.07) is 18.3. The van der Waals surface area contributed by atoms with Crippen molar-refractivity contribution in [3.63, 3.8) is 0 Å². The van der Waals surface area contributed by atoms with Crippen LogP contribution in [0, 0.1) is 6.92 Å². The number of aliphatic hydroxyl groups is 1. The molecule has 1 atom stereocenters. The second-order valence-corrected chi connectivity index (χ2v) is 6.58. The summed E-state index contributed by atoms with van der Waals surface area (Å²) in [4.78, 5) is 13.1. The van der Waals surface area contributed by atoms with Gasteiger partial charge in [-0.3, -0.25) is 4.79 Å². The molecule has 0 saturated carbocycles. The number of nitrogens with one attached hydrogen (secondary N) is 1. The van der Waals surface area contributed by atoms with Gasteiger partial charge >= 0.3 is 0 Å². The van der Waals surface area contributed by atoms with E-state index in [2.05, 4.69) is 5.32 Å². The number of carbonyl (C=O) groups excluding carboxylic acids is 1. The fourth-order valence-corrected chi connectivity index (χ4v) is 3.32. The van der Waals surface area contributed by atoms with Gasteiger partial charge in [-0.1, -0.05) is 18.2 Å². The van der Waals surface area contributed by atoms with Crippen molar-refractivity contribution in [2.24, 2.45) is 0 Å². The molecule has 2 N–H and O–H groups in total. The van der Waals surface area contributed by atoms with Crippen LogP contribution in [0.25, 0.3) is 0 Å². The lowest BCUT2D eigenvalue weighted by Crippen LogP contribution is -2.28. The van der Waals surface area contributed by atoms with Crippen molar-refractivity contribution < 1.29 is 14.6 Å². The van der Waals surface area contributed by atoms with Crippen LogP contribution in [0.15, 0.2) is 66.0 Å². The SMILES string of the molecule is Cc1ccsc1C(O)CNC(=O)c1ccc(Oc2ccccc2)cc1. The van der Waals surface area contributed by atoms with Gasteiger partial charge in [0.05, 0.1) is 0 Å². The number of thiophene rings is 1.